The fourth-order valence-electron chi connectivity index (χ4n) is 8.12. The topological polar surface area (TPSA) is 80.9 Å². The number of aliphatic hydroxyl groups is 4. The van der Waals surface area contributed by atoms with Crippen molar-refractivity contribution in [2.45, 2.75) is 76.9 Å². The quantitative estimate of drug-likeness (QED) is 0.621. The van der Waals surface area contributed by atoms with Gasteiger partial charge in [-0.3, -0.25) is 0 Å². The van der Waals surface area contributed by atoms with E-state index in [-0.39, 0.29) is 41.5 Å². The Labute approximate surface area is 145 Å². The largest absolute Gasteiger partial charge is 0.396 e. The molecule has 0 aromatic heterocycles. The summed E-state index contributed by atoms with van der Waals surface area (Å²) in [5, 5.41) is 41.4. The van der Waals surface area contributed by atoms with Gasteiger partial charge in [-0.1, -0.05) is 13.8 Å². The van der Waals surface area contributed by atoms with Gasteiger partial charge in [0.25, 0.3) is 0 Å². The van der Waals surface area contributed by atoms with Gasteiger partial charge in [-0.2, -0.15) is 0 Å². The average Bonchev–Trinajstić information content (AvgIpc) is 2.88. The molecule has 24 heavy (non-hydrogen) atoms. The molecule has 0 aromatic rings. The third-order valence-corrected chi connectivity index (χ3v) is 9.27. The van der Waals surface area contributed by atoms with Crippen LogP contribution in [0.1, 0.15) is 65.2 Å². The van der Waals surface area contributed by atoms with Crippen molar-refractivity contribution >= 4 is 0 Å². The maximum absolute atomic E-state index is 10.9. The second-order valence-corrected chi connectivity index (χ2v) is 10.2. The molecule has 4 N–H and O–H groups in total. The van der Waals surface area contributed by atoms with Crippen molar-refractivity contribution in [2.24, 2.45) is 34.0 Å². The molecule has 0 aromatic carbocycles. The molecule has 0 amide bonds. The second kappa shape index (κ2) is 5.18. The van der Waals surface area contributed by atoms with Crippen LogP contribution >= 0.6 is 0 Å². The van der Waals surface area contributed by atoms with E-state index < -0.39 is 5.60 Å². The molecule has 4 aliphatic carbocycles. The van der Waals surface area contributed by atoms with Gasteiger partial charge < -0.3 is 20.4 Å². The predicted octanol–water partition coefficient (Wildman–Crippen LogP) is 2.09. The predicted molar refractivity (Wildman–Crippen MR) is 91.2 cm³/mol. The van der Waals surface area contributed by atoms with E-state index in [2.05, 4.69) is 13.8 Å². The summed E-state index contributed by atoms with van der Waals surface area (Å²) in [7, 11) is 0. The van der Waals surface area contributed by atoms with E-state index in [1.807, 2.05) is 0 Å². The molecule has 138 valence electrons. The maximum Gasteiger partial charge on any atom is 0.0905 e. The summed E-state index contributed by atoms with van der Waals surface area (Å²) in [6.07, 6.45) is 7.12. The van der Waals surface area contributed by atoms with Crippen LogP contribution < -0.4 is 0 Å². The van der Waals surface area contributed by atoms with E-state index in [1.54, 1.807) is 0 Å². The number of rotatable bonds is 2. The third-order valence-electron chi connectivity index (χ3n) is 9.27. The summed E-state index contributed by atoms with van der Waals surface area (Å²) >= 11 is 0. The zero-order valence-electron chi connectivity index (χ0n) is 15.2. The molecule has 4 rings (SSSR count). The van der Waals surface area contributed by atoms with Gasteiger partial charge in [-0.25, -0.2) is 0 Å². The van der Waals surface area contributed by atoms with Crippen LogP contribution in [0.25, 0.3) is 0 Å². The fraction of sp³-hybridized carbons (Fsp3) is 1.00. The zero-order valence-corrected chi connectivity index (χ0v) is 15.2. The van der Waals surface area contributed by atoms with Crippen molar-refractivity contribution < 1.29 is 20.4 Å². The van der Waals surface area contributed by atoms with E-state index in [9.17, 15) is 20.4 Å². The maximum atomic E-state index is 10.9. The van der Waals surface area contributed by atoms with Crippen molar-refractivity contribution in [2.75, 3.05) is 13.2 Å². The Morgan fingerprint density at radius 2 is 1.67 bits per heavy atom. The monoisotopic (exact) mass is 338 g/mol. The molecule has 4 nitrogen and oxygen atoms in total. The minimum Gasteiger partial charge on any atom is -0.396 e. The first kappa shape index (κ1) is 17.3. The molecule has 4 saturated carbocycles. The summed E-state index contributed by atoms with van der Waals surface area (Å²) < 4.78 is 0. The minimum absolute atomic E-state index is 0.0244. The van der Waals surface area contributed by atoms with Crippen molar-refractivity contribution in [3.05, 3.63) is 0 Å². The molecule has 0 heterocycles. The van der Waals surface area contributed by atoms with Crippen molar-refractivity contribution in [1.82, 2.24) is 0 Å². The van der Waals surface area contributed by atoms with Crippen molar-refractivity contribution in [1.29, 1.82) is 0 Å². The Morgan fingerprint density at radius 3 is 2.33 bits per heavy atom. The van der Waals surface area contributed by atoms with E-state index in [0.717, 1.165) is 32.1 Å². The summed E-state index contributed by atoms with van der Waals surface area (Å²) in [6.45, 7) is 4.55. The molecule has 4 aliphatic rings. The fourth-order valence-corrected chi connectivity index (χ4v) is 8.12. The smallest absolute Gasteiger partial charge is 0.0905 e. The lowest BCUT2D eigenvalue weighted by Crippen LogP contribution is -2.62. The van der Waals surface area contributed by atoms with Crippen LogP contribution in [0, 0.1) is 34.0 Å². The van der Waals surface area contributed by atoms with E-state index in [4.69, 9.17) is 0 Å². The molecule has 4 heteroatoms. The van der Waals surface area contributed by atoms with Gasteiger partial charge in [0.2, 0.25) is 0 Å². The van der Waals surface area contributed by atoms with Crippen LogP contribution in [0.2, 0.25) is 0 Å². The van der Waals surface area contributed by atoms with Gasteiger partial charge in [-0.05, 0) is 85.4 Å². The zero-order chi connectivity index (χ0) is 17.4. The normalized spacial score (nSPS) is 59.8. The van der Waals surface area contributed by atoms with Crippen molar-refractivity contribution in [3.8, 4) is 0 Å². The Morgan fingerprint density at radius 1 is 0.917 bits per heavy atom. The van der Waals surface area contributed by atoms with Crippen LogP contribution in [0.5, 0.6) is 0 Å². The number of fused-ring (bicyclic) bond motifs is 2. The van der Waals surface area contributed by atoms with E-state index >= 15 is 0 Å². The number of hydrogen-bond donors (Lipinski definition) is 4. The molecule has 2 bridgehead atoms. The highest BCUT2D eigenvalue weighted by Gasteiger charge is 2.70. The summed E-state index contributed by atoms with van der Waals surface area (Å²) in [5.74, 6) is 1.22. The molecule has 0 unspecified atom stereocenters. The van der Waals surface area contributed by atoms with E-state index in [1.165, 1.54) is 6.42 Å². The second-order valence-electron chi connectivity index (χ2n) is 10.2. The molecular weight excluding hydrogens is 304 g/mol. The van der Waals surface area contributed by atoms with Crippen LogP contribution in [-0.4, -0.2) is 45.3 Å². The van der Waals surface area contributed by atoms with Crippen molar-refractivity contribution in [3.63, 3.8) is 0 Å². The highest BCUT2D eigenvalue weighted by molar-refractivity contribution is 5.19. The van der Waals surface area contributed by atoms with Crippen LogP contribution in [0.3, 0.4) is 0 Å². The third kappa shape index (κ3) is 1.94. The lowest BCUT2D eigenvalue weighted by atomic mass is 9.39. The first-order chi connectivity index (χ1) is 11.2. The van der Waals surface area contributed by atoms with Gasteiger partial charge >= 0.3 is 0 Å². The summed E-state index contributed by atoms with van der Waals surface area (Å²) in [6, 6.07) is 0. The number of hydrogen-bond acceptors (Lipinski definition) is 4. The Balaban J connectivity index is 1.76. The highest BCUT2D eigenvalue weighted by atomic mass is 16.3. The Hall–Kier alpha value is -0.160. The molecule has 0 aliphatic heterocycles. The standard InChI is InChI=1S/C20H34O4/c1-17(11-21)9-15(23)10-18(2)16(17)4-3-13-7-14-8-19(13,18)5-6-20(14,24)12-22/h13-16,21-24H,3-12H2,1-2H3/t13-,14-,15-,16-,17-,18-,19+,20+/m0/s1. The van der Waals surface area contributed by atoms with Crippen LogP contribution in [-0.2, 0) is 0 Å². The van der Waals surface area contributed by atoms with Crippen LogP contribution in [0.4, 0.5) is 0 Å². The molecule has 8 atom stereocenters. The average molecular weight is 338 g/mol. The minimum atomic E-state index is -0.901. The van der Waals surface area contributed by atoms with Gasteiger partial charge in [0.15, 0.2) is 0 Å². The molecule has 0 radical (unpaired) electrons. The Bertz CT molecular complexity index is 524. The van der Waals surface area contributed by atoms with E-state index in [0.29, 0.717) is 24.7 Å². The lowest BCUT2D eigenvalue weighted by Gasteiger charge is -2.66. The molecule has 1 spiro atoms. The number of aliphatic hydroxyl groups excluding tert-OH is 3. The van der Waals surface area contributed by atoms with Gasteiger partial charge in [0.1, 0.15) is 0 Å². The first-order valence-electron chi connectivity index (χ1n) is 9.85. The molecule has 4 fully saturated rings. The molecular formula is C20H34O4. The van der Waals surface area contributed by atoms with Gasteiger partial charge in [0.05, 0.1) is 18.3 Å². The van der Waals surface area contributed by atoms with Gasteiger partial charge in [-0.15, -0.1) is 0 Å². The first-order valence-corrected chi connectivity index (χ1v) is 9.85. The summed E-state index contributed by atoms with van der Waals surface area (Å²) in [5.41, 5.74) is -0.909. The van der Waals surface area contributed by atoms with Crippen LogP contribution in [0.15, 0.2) is 0 Å². The lowest BCUT2D eigenvalue weighted by molar-refractivity contribution is -0.208. The SMILES string of the molecule is C[C@@]1(CO)C[C@H](O)C[C@@]2(C)[C@H]1CC[C@H]1C[C@H]3C[C@]12CC[C@@]3(O)CO. The highest BCUT2D eigenvalue weighted by Crippen LogP contribution is 2.75. The Kier molecular flexibility index (Phi) is 3.73. The summed E-state index contributed by atoms with van der Waals surface area (Å²) in [4.78, 5) is 0. The molecule has 0 saturated heterocycles. The van der Waals surface area contributed by atoms with Gasteiger partial charge in [0, 0.05) is 6.61 Å².